The molecule has 1 atom stereocenters. The number of pyridine rings is 1. The molecule has 2 aliphatic rings. The molecule has 29 heavy (non-hydrogen) atoms. The van der Waals surface area contributed by atoms with E-state index in [4.69, 9.17) is 4.74 Å². The number of rotatable bonds is 6. The maximum atomic E-state index is 14.0. The second kappa shape index (κ2) is 7.54. The lowest BCUT2D eigenvalue weighted by molar-refractivity contribution is 0.0844. The number of hydrogen-bond acceptors (Lipinski definition) is 4. The molecule has 7 heteroatoms. The van der Waals surface area contributed by atoms with Crippen LogP contribution in [0.25, 0.3) is 16.3 Å². The van der Waals surface area contributed by atoms with Crippen LogP contribution in [0, 0.1) is 11.7 Å². The lowest BCUT2D eigenvalue weighted by Gasteiger charge is -2.26. The highest BCUT2D eigenvalue weighted by atomic mass is 32.2. The third-order valence-electron chi connectivity index (χ3n) is 5.60. The van der Waals surface area contributed by atoms with Crippen molar-refractivity contribution in [3.05, 3.63) is 63.2 Å². The van der Waals surface area contributed by atoms with Gasteiger partial charge in [0.25, 0.3) is 5.56 Å². The van der Waals surface area contributed by atoms with Gasteiger partial charge in [-0.2, -0.15) is 0 Å². The third-order valence-corrected chi connectivity index (χ3v) is 7.37. The average Bonchev–Trinajstić information content (AvgIpc) is 3.53. The number of halogens is 1. The van der Waals surface area contributed by atoms with Gasteiger partial charge in [0.1, 0.15) is 5.82 Å². The number of hydrogen-bond donors (Lipinski definition) is 0. The van der Waals surface area contributed by atoms with E-state index in [9.17, 15) is 17.6 Å². The Morgan fingerprint density at radius 1 is 1.24 bits per heavy atom. The molecular formula is C22H24FNO4S. The second-order valence-electron chi connectivity index (χ2n) is 7.76. The lowest BCUT2D eigenvalue weighted by Crippen LogP contribution is -2.23. The zero-order chi connectivity index (χ0) is 20.8. The molecule has 2 aromatic rings. The van der Waals surface area contributed by atoms with E-state index in [0.29, 0.717) is 40.9 Å². The number of aromatic nitrogens is 1. The topological polar surface area (TPSA) is 65.4 Å². The van der Waals surface area contributed by atoms with Gasteiger partial charge in [0, 0.05) is 24.2 Å². The van der Waals surface area contributed by atoms with Gasteiger partial charge >= 0.3 is 0 Å². The molecule has 154 valence electrons. The van der Waals surface area contributed by atoms with Gasteiger partial charge in [-0.3, -0.25) is 4.79 Å². The van der Waals surface area contributed by atoms with E-state index in [0.717, 1.165) is 12.8 Å². The zero-order valence-corrected chi connectivity index (χ0v) is 17.3. The molecular weight excluding hydrogens is 393 g/mol. The van der Waals surface area contributed by atoms with Crippen molar-refractivity contribution >= 4 is 26.2 Å². The molecule has 0 saturated heterocycles. The first-order chi connectivity index (χ1) is 13.8. The van der Waals surface area contributed by atoms with Crippen LogP contribution in [-0.4, -0.2) is 31.4 Å². The van der Waals surface area contributed by atoms with Gasteiger partial charge in [-0.05, 0) is 60.4 Å². The van der Waals surface area contributed by atoms with Gasteiger partial charge < -0.3 is 9.30 Å². The summed E-state index contributed by atoms with van der Waals surface area (Å²) in [6.45, 7) is 2.22. The Labute approximate surface area is 169 Å². The van der Waals surface area contributed by atoms with Crippen LogP contribution in [-0.2, 0) is 21.6 Å². The van der Waals surface area contributed by atoms with E-state index in [1.807, 2.05) is 0 Å². The molecule has 1 aromatic heterocycles. The van der Waals surface area contributed by atoms with Crippen molar-refractivity contribution in [1.29, 1.82) is 0 Å². The molecule has 5 nitrogen and oxygen atoms in total. The number of nitrogens with zero attached hydrogens (tertiary/aromatic N) is 1. The van der Waals surface area contributed by atoms with Gasteiger partial charge in [0.15, 0.2) is 9.84 Å². The summed E-state index contributed by atoms with van der Waals surface area (Å²) in [6, 6.07) is 4.06. The number of ether oxygens (including phenoxy) is 1. The smallest absolute Gasteiger partial charge is 0.258 e. The van der Waals surface area contributed by atoms with Crippen LogP contribution in [0.2, 0.25) is 0 Å². The molecule has 0 radical (unpaired) electrons. The fourth-order valence-corrected chi connectivity index (χ4v) is 4.64. The molecule has 1 fully saturated rings. The molecule has 1 unspecified atom stereocenters. The molecule has 0 spiro atoms. The Hall–Kier alpha value is -2.25. The largest absolute Gasteiger partial charge is 0.373 e. The Morgan fingerprint density at radius 2 is 2.00 bits per heavy atom. The van der Waals surface area contributed by atoms with Crippen LogP contribution in [0.1, 0.15) is 31.7 Å². The van der Waals surface area contributed by atoms with E-state index >= 15 is 0 Å². The third kappa shape index (κ3) is 3.94. The van der Waals surface area contributed by atoms with Crippen LogP contribution >= 0.6 is 0 Å². The fraction of sp³-hybridized carbons (Fsp3) is 0.409. The van der Waals surface area contributed by atoms with E-state index in [1.165, 1.54) is 22.8 Å². The molecule has 0 bridgehead atoms. The summed E-state index contributed by atoms with van der Waals surface area (Å²) in [5, 5.41) is 0.859. The summed E-state index contributed by atoms with van der Waals surface area (Å²) in [4.78, 5) is 12.8. The van der Waals surface area contributed by atoms with Crippen LogP contribution < -0.4 is 5.56 Å². The van der Waals surface area contributed by atoms with E-state index < -0.39 is 15.7 Å². The van der Waals surface area contributed by atoms with E-state index in [1.54, 1.807) is 32.3 Å². The van der Waals surface area contributed by atoms with Crippen molar-refractivity contribution in [3.8, 4) is 0 Å². The van der Waals surface area contributed by atoms with Gasteiger partial charge in [0.05, 0.1) is 23.4 Å². The van der Waals surface area contributed by atoms with E-state index in [-0.39, 0.29) is 22.3 Å². The number of benzene rings is 1. The number of sulfone groups is 1. The van der Waals surface area contributed by atoms with Crippen LogP contribution in [0.5, 0.6) is 0 Å². The van der Waals surface area contributed by atoms with Crippen molar-refractivity contribution in [3.63, 3.8) is 0 Å². The number of allylic oxidation sites excluding steroid dienone is 1. The van der Waals surface area contributed by atoms with Crippen LogP contribution in [0.15, 0.2) is 46.2 Å². The molecule has 0 amide bonds. The van der Waals surface area contributed by atoms with Gasteiger partial charge in [-0.15, -0.1) is 0 Å². The summed E-state index contributed by atoms with van der Waals surface area (Å²) in [7, 11) is -1.76. The first-order valence-electron chi connectivity index (χ1n) is 9.85. The van der Waals surface area contributed by atoms with Gasteiger partial charge in [-0.1, -0.05) is 13.0 Å². The Morgan fingerprint density at radius 3 is 2.69 bits per heavy atom. The van der Waals surface area contributed by atoms with Crippen LogP contribution in [0.4, 0.5) is 4.39 Å². The van der Waals surface area contributed by atoms with Crippen molar-refractivity contribution in [1.82, 2.24) is 4.57 Å². The standard InChI is InChI=1S/C22H24FNO4S/c1-3-29(26,27)16-7-9-21(28-13-14-4-5-14)19(11-16)20-12-24(2)22(25)17-8-6-15(23)10-18(17)20/h6-8,10-12,14,21H,3-5,9,13H2,1-2H3. The van der Waals surface area contributed by atoms with Crippen LogP contribution in [0.3, 0.4) is 0 Å². The predicted octanol–water partition coefficient (Wildman–Crippen LogP) is 3.58. The van der Waals surface area contributed by atoms with Crippen molar-refractivity contribution in [2.24, 2.45) is 13.0 Å². The normalized spacial score (nSPS) is 19.9. The van der Waals surface area contributed by atoms with E-state index in [2.05, 4.69) is 0 Å². The second-order valence-corrected chi connectivity index (χ2v) is 10.0. The minimum atomic E-state index is -3.40. The fourth-order valence-electron chi connectivity index (χ4n) is 3.65. The minimum absolute atomic E-state index is 0.00113. The quantitative estimate of drug-likeness (QED) is 0.721. The Bertz CT molecular complexity index is 1190. The zero-order valence-electron chi connectivity index (χ0n) is 16.5. The molecule has 4 rings (SSSR count). The number of aryl methyl sites for hydroxylation is 1. The van der Waals surface area contributed by atoms with Gasteiger partial charge in [-0.25, -0.2) is 12.8 Å². The lowest BCUT2D eigenvalue weighted by atomic mass is 9.92. The molecule has 0 N–H and O–H groups in total. The number of fused-ring (bicyclic) bond motifs is 1. The Kier molecular flexibility index (Phi) is 5.21. The summed E-state index contributed by atoms with van der Waals surface area (Å²) in [5.41, 5.74) is 1.07. The Balaban J connectivity index is 1.89. The van der Waals surface area contributed by atoms with Crippen molar-refractivity contribution in [2.75, 3.05) is 12.4 Å². The average molecular weight is 418 g/mol. The summed E-state index contributed by atoms with van der Waals surface area (Å²) >= 11 is 0. The maximum Gasteiger partial charge on any atom is 0.258 e. The highest BCUT2D eigenvalue weighted by molar-refractivity contribution is 7.95. The molecule has 1 heterocycles. The van der Waals surface area contributed by atoms with Crippen molar-refractivity contribution < 1.29 is 17.5 Å². The molecule has 1 aromatic carbocycles. The highest BCUT2D eigenvalue weighted by Crippen LogP contribution is 2.36. The molecule has 1 saturated carbocycles. The molecule has 0 aliphatic heterocycles. The van der Waals surface area contributed by atoms with Crippen molar-refractivity contribution in [2.45, 2.75) is 32.3 Å². The summed E-state index contributed by atoms with van der Waals surface area (Å²) in [6.07, 6.45) is 7.35. The molecule has 2 aliphatic carbocycles. The highest BCUT2D eigenvalue weighted by Gasteiger charge is 2.29. The minimum Gasteiger partial charge on any atom is -0.373 e. The maximum absolute atomic E-state index is 14.0. The van der Waals surface area contributed by atoms with Gasteiger partial charge in [0.2, 0.25) is 0 Å². The summed E-state index contributed by atoms with van der Waals surface area (Å²) in [5.74, 6) is 0.102. The predicted molar refractivity (Wildman–Crippen MR) is 112 cm³/mol. The SMILES string of the molecule is CCS(=O)(=O)C1=CCC(OCC2CC2)C(c2cn(C)c(=O)c3ccc(F)cc23)=C1. The monoisotopic (exact) mass is 417 g/mol. The first-order valence-corrected chi connectivity index (χ1v) is 11.5. The first kappa shape index (κ1) is 20.0. The summed E-state index contributed by atoms with van der Waals surface area (Å²) < 4.78 is 46.6.